The van der Waals surface area contributed by atoms with Gasteiger partial charge >= 0.3 is 0 Å². The number of ether oxygens (including phenoxy) is 1. The van der Waals surface area contributed by atoms with E-state index in [0.29, 0.717) is 43.7 Å². The van der Waals surface area contributed by atoms with Crippen LogP contribution in [0.3, 0.4) is 0 Å². The number of halogens is 1. The van der Waals surface area contributed by atoms with E-state index in [1.807, 2.05) is 41.3 Å². The van der Waals surface area contributed by atoms with Crippen LogP contribution >= 0.6 is 0 Å². The normalized spacial score (nSPS) is 24.0. The van der Waals surface area contributed by atoms with Gasteiger partial charge in [0.25, 0.3) is 0 Å². The van der Waals surface area contributed by atoms with Crippen LogP contribution in [0.4, 0.5) is 4.39 Å². The Morgan fingerprint density at radius 3 is 2.44 bits per heavy atom. The number of Topliss-reactive ketones (excluding diaryl/α,β-unsaturated/α-hetero) is 1. The molecule has 2 aromatic rings. The molecule has 6 nitrogen and oxygen atoms in total. The molecule has 2 aliphatic heterocycles. The van der Waals surface area contributed by atoms with Gasteiger partial charge in [0.2, 0.25) is 5.91 Å². The molecule has 0 aliphatic carbocycles. The highest BCUT2D eigenvalue weighted by Gasteiger charge is 2.43. The van der Waals surface area contributed by atoms with Gasteiger partial charge in [-0.1, -0.05) is 42.5 Å². The summed E-state index contributed by atoms with van der Waals surface area (Å²) < 4.78 is 20.2. The van der Waals surface area contributed by atoms with Gasteiger partial charge in [0, 0.05) is 57.9 Å². The van der Waals surface area contributed by atoms with E-state index in [1.54, 1.807) is 20.1 Å². The van der Waals surface area contributed by atoms with Gasteiger partial charge < -0.3 is 20.3 Å². The molecule has 2 aliphatic rings. The number of rotatable bonds is 7. The fourth-order valence-corrected chi connectivity index (χ4v) is 5.37. The average molecular weight is 468 g/mol. The molecule has 0 saturated carbocycles. The minimum absolute atomic E-state index is 0.0294. The van der Waals surface area contributed by atoms with E-state index in [2.05, 4.69) is 10.6 Å². The van der Waals surface area contributed by atoms with E-state index in [9.17, 15) is 14.0 Å². The number of hydrogen-bond acceptors (Lipinski definition) is 5. The molecule has 4 atom stereocenters. The molecular formula is C27H34FN3O3. The van der Waals surface area contributed by atoms with Crippen LogP contribution in [-0.4, -0.2) is 63.0 Å². The van der Waals surface area contributed by atoms with Gasteiger partial charge in [-0.05, 0) is 36.5 Å². The largest absolute Gasteiger partial charge is 0.377 e. The number of hydrogen-bond donors (Lipinski definition) is 2. The second-order valence-corrected chi connectivity index (χ2v) is 9.25. The Bertz CT molecular complexity index is 994. The van der Waals surface area contributed by atoms with Gasteiger partial charge in [0.1, 0.15) is 5.82 Å². The van der Waals surface area contributed by atoms with Gasteiger partial charge in [0.15, 0.2) is 5.78 Å². The summed E-state index contributed by atoms with van der Waals surface area (Å²) in [6.07, 6.45) is 0.0528. The first-order valence-corrected chi connectivity index (χ1v) is 12.1. The van der Waals surface area contributed by atoms with Crippen molar-refractivity contribution in [2.75, 3.05) is 46.4 Å². The SMILES string of the molecule is COC(C[C@@H]1[C@@H](C(=O)c2ccccc2)CNC[C@H]1C(=O)N1CCNCC1)c1cccc(F)c1C. The lowest BCUT2D eigenvalue weighted by molar-refractivity contribution is -0.139. The monoisotopic (exact) mass is 467 g/mol. The zero-order valence-electron chi connectivity index (χ0n) is 19.9. The minimum atomic E-state index is -0.414. The van der Waals surface area contributed by atoms with Gasteiger partial charge in [-0.2, -0.15) is 0 Å². The van der Waals surface area contributed by atoms with E-state index in [4.69, 9.17) is 4.74 Å². The highest BCUT2D eigenvalue weighted by atomic mass is 19.1. The second-order valence-electron chi connectivity index (χ2n) is 9.25. The number of piperidine rings is 1. The third kappa shape index (κ3) is 5.22. The number of nitrogens with zero attached hydrogens (tertiary/aromatic N) is 1. The molecule has 0 radical (unpaired) electrons. The van der Waals surface area contributed by atoms with E-state index < -0.39 is 6.10 Å². The Morgan fingerprint density at radius 1 is 1.03 bits per heavy atom. The molecule has 0 bridgehead atoms. The Labute approximate surface area is 200 Å². The molecule has 0 spiro atoms. The first-order chi connectivity index (χ1) is 16.5. The summed E-state index contributed by atoms with van der Waals surface area (Å²) in [5.41, 5.74) is 1.95. The van der Waals surface area contributed by atoms with Gasteiger partial charge in [-0.15, -0.1) is 0 Å². The summed E-state index contributed by atoms with van der Waals surface area (Å²) in [7, 11) is 1.61. The van der Waals surface area contributed by atoms with Crippen molar-refractivity contribution in [2.24, 2.45) is 17.8 Å². The molecule has 7 heteroatoms. The van der Waals surface area contributed by atoms with Crippen molar-refractivity contribution >= 4 is 11.7 Å². The second kappa shape index (κ2) is 11.2. The molecular weight excluding hydrogens is 433 g/mol. The van der Waals surface area contributed by atoms with Crippen molar-refractivity contribution in [3.63, 3.8) is 0 Å². The molecule has 2 saturated heterocycles. The minimum Gasteiger partial charge on any atom is -0.377 e. The number of piperazine rings is 1. The van der Waals surface area contributed by atoms with Crippen molar-refractivity contribution in [1.29, 1.82) is 0 Å². The molecule has 2 N–H and O–H groups in total. The summed E-state index contributed by atoms with van der Waals surface area (Å²) in [5.74, 6) is -1.13. The Kier molecular flexibility index (Phi) is 8.08. The van der Waals surface area contributed by atoms with Crippen molar-refractivity contribution in [2.45, 2.75) is 19.4 Å². The number of carbonyl (C=O) groups excluding carboxylic acids is 2. The van der Waals surface area contributed by atoms with Gasteiger partial charge in [0.05, 0.1) is 12.0 Å². The lowest BCUT2D eigenvalue weighted by Crippen LogP contribution is -2.56. The zero-order chi connectivity index (χ0) is 24.1. The summed E-state index contributed by atoms with van der Waals surface area (Å²) >= 11 is 0. The molecule has 1 amide bonds. The van der Waals surface area contributed by atoms with Crippen LogP contribution < -0.4 is 10.6 Å². The number of ketones is 1. The average Bonchev–Trinajstić information content (AvgIpc) is 2.89. The molecule has 1 unspecified atom stereocenters. The molecule has 2 fully saturated rings. The van der Waals surface area contributed by atoms with E-state index in [0.717, 1.165) is 18.7 Å². The Morgan fingerprint density at radius 2 is 1.74 bits per heavy atom. The molecule has 2 heterocycles. The molecule has 34 heavy (non-hydrogen) atoms. The summed E-state index contributed by atoms with van der Waals surface area (Å²) in [6.45, 7) is 5.63. The summed E-state index contributed by atoms with van der Waals surface area (Å²) in [6, 6.07) is 14.2. The van der Waals surface area contributed by atoms with Gasteiger partial charge in [-0.25, -0.2) is 4.39 Å². The number of methoxy groups -OCH3 is 1. The highest BCUT2D eigenvalue weighted by molar-refractivity contribution is 5.98. The van der Waals surface area contributed by atoms with Crippen molar-refractivity contribution in [3.05, 3.63) is 71.0 Å². The lowest BCUT2D eigenvalue weighted by Gasteiger charge is -2.41. The first-order valence-electron chi connectivity index (χ1n) is 12.1. The molecule has 0 aromatic heterocycles. The van der Waals surface area contributed by atoms with Crippen LogP contribution in [-0.2, 0) is 9.53 Å². The van der Waals surface area contributed by atoms with Crippen LogP contribution in [0.25, 0.3) is 0 Å². The van der Waals surface area contributed by atoms with Crippen molar-refractivity contribution in [3.8, 4) is 0 Å². The lowest BCUT2D eigenvalue weighted by atomic mass is 9.71. The molecule has 2 aromatic carbocycles. The van der Waals surface area contributed by atoms with Crippen LogP contribution in [0.1, 0.15) is 34.0 Å². The zero-order valence-corrected chi connectivity index (χ0v) is 19.9. The Balaban J connectivity index is 1.67. The van der Waals surface area contributed by atoms with E-state index >= 15 is 0 Å². The van der Waals surface area contributed by atoms with E-state index in [1.165, 1.54) is 6.07 Å². The third-order valence-electron chi connectivity index (χ3n) is 7.33. The number of amides is 1. The van der Waals surface area contributed by atoms with Crippen LogP contribution in [0.15, 0.2) is 48.5 Å². The van der Waals surface area contributed by atoms with E-state index in [-0.39, 0.29) is 35.3 Å². The highest BCUT2D eigenvalue weighted by Crippen LogP contribution is 2.38. The number of nitrogens with one attached hydrogen (secondary N) is 2. The smallest absolute Gasteiger partial charge is 0.227 e. The summed E-state index contributed by atoms with van der Waals surface area (Å²) in [4.78, 5) is 29.2. The fraction of sp³-hybridized carbons (Fsp3) is 0.481. The first kappa shape index (κ1) is 24.5. The van der Waals surface area contributed by atoms with Crippen LogP contribution in [0, 0.1) is 30.5 Å². The van der Waals surface area contributed by atoms with Crippen LogP contribution in [0.2, 0.25) is 0 Å². The van der Waals surface area contributed by atoms with Crippen molar-refractivity contribution < 1.29 is 18.7 Å². The standard InChI is InChI=1S/C27H34FN3O3/c1-18-20(9-6-10-24(18)28)25(34-2)15-21-22(26(32)19-7-4-3-5-8-19)16-30-17-23(21)27(33)31-13-11-29-12-14-31/h3-10,21-23,25,29-30H,11-17H2,1-2H3/t21-,22+,23-,25?/m1/s1. The maximum Gasteiger partial charge on any atom is 0.227 e. The quantitative estimate of drug-likeness (QED) is 0.613. The maximum atomic E-state index is 14.3. The van der Waals surface area contributed by atoms with Crippen molar-refractivity contribution in [1.82, 2.24) is 15.5 Å². The fourth-order valence-electron chi connectivity index (χ4n) is 5.37. The number of carbonyl (C=O) groups is 2. The number of benzene rings is 2. The van der Waals surface area contributed by atoms with Gasteiger partial charge in [-0.3, -0.25) is 9.59 Å². The maximum absolute atomic E-state index is 14.3. The topological polar surface area (TPSA) is 70.7 Å². The predicted octanol–water partition coefficient (Wildman–Crippen LogP) is 2.98. The molecule has 182 valence electrons. The Hall–Kier alpha value is -2.61. The predicted molar refractivity (Wildman–Crippen MR) is 129 cm³/mol. The van der Waals surface area contributed by atoms with Crippen LogP contribution in [0.5, 0.6) is 0 Å². The summed E-state index contributed by atoms with van der Waals surface area (Å²) in [5, 5.41) is 6.64. The molecule has 4 rings (SSSR count). The third-order valence-corrected chi connectivity index (χ3v) is 7.33.